The Morgan fingerprint density at radius 1 is 1.36 bits per heavy atom. The predicted octanol–water partition coefficient (Wildman–Crippen LogP) is 1.67. The molecule has 0 N–H and O–H groups in total. The largest absolute Gasteiger partial charge is 0.469 e. The fourth-order valence-electron chi connectivity index (χ4n) is 3.38. The highest BCUT2D eigenvalue weighted by atomic mass is 32.2. The summed E-state index contributed by atoms with van der Waals surface area (Å²) < 4.78 is 38.3. The molecule has 0 unspecified atom stereocenters. The summed E-state index contributed by atoms with van der Waals surface area (Å²) in [7, 11) is -2.49. The molecule has 1 fully saturated rings. The number of hydrogen-bond acceptors (Lipinski definition) is 5. The standard InChI is InChI=1S/C18H21NO5S/c1-4-14-16(18(20)23-3)17-15(24-14)6-5-11-19(17)25(21,22)13-9-7-12(2)8-10-13/h4-10,14-17H,1,11H2,2-3H3/t14-,15+,16-,17-/m1/s1. The number of rotatable bonds is 4. The number of ether oxygens (including phenoxy) is 2. The monoisotopic (exact) mass is 363 g/mol. The van der Waals surface area contributed by atoms with Crippen LogP contribution in [0.15, 0.2) is 54.0 Å². The summed E-state index contributed by atoms with van der Waals surface area (Å²) in [4.78, 5) is 12.5. The normalized spacial score (nSPS) is 29.2. The van der Waals surface area contributed by atoms with Crippen molar-refractivity contribution in [2.45, 2.75) is 30.1 Å². The number of esters is 1. The Bertz CT molecular complexity index is 799. The maximum Gasteiger partial charge on any atom is 0.313 e. The third-order valence-electron chi connectivity index (χ3n) is 4.65. The summed E-state index contributed by atoms with van der Waals surface area (Å²) in [5.74, 6) is -1.26. The molecule has 2 aliphatic rings. The molecule has 0 bridgehead atoms. The number of fused-ring (bicyclic) bond motifs is 1. The minimum Gasteiger partial charge on any atom is -0.469 e. The zero-order valence-corrected chi connectivity index (χ0v) is 15.0. The van der Waals surface area contributed by atoms with Crippen LogP contribution in [0.2, 0.25) is 0 Å². The van der Waals surface area contributed by atoms with Crippen LogP contribution in [0, 0.1) is 12.8 Å². The van der Waals surface area contributed by atoms with Crippen molar-refractivity contribution in [1.82, 2.24) is 4.31 Å². The fourth-order valence-corrected chi connectivity index (χ4v) is 4.99. The van der Waals surface area contributed by atoms with Gasteiger partial charge in [-0.1, -0.05) is 35.9 Å². The number of carbonyl (C=O) groups is 1. The molecular formula is C18H21NO5S. The van der Waals surface area contributed by atoms with E-state index in [0.29, 0.717) is 0 Å². The van der Waals surface area contributed by atoms with Crippen molar-refractivity contribution < 1.29 is 22.7 Å². The Labute approximate surface area is 147 Å². The molecule has 25 heavy (non-hydrogen) atoms. The van der Waals surface area contributed by atoms with E-state index in [9.17, 15) is 13.2 Å². The van der Waals surface area contributed by atoms with Gasteiger partial charge in [0.15, 0.2) is 0 Å². The van der Waals surface area contributed by atoms with Gasteiger partial charge >= 0.3 is 5.97 Å². The van der Waals surface area contributed by atoms with Crippen molar-refractivity contribution in [3.63, 3.8) is 0 Å². The van der Waals surface area contributed by atoms with Crippen LogP contribution in [0.3, 0.4) is 0 Å². The molecular weight excluding hydrogens is 342 g/mol. The molecule has 1 aromatic rings. The van der Waals surface area contributed by atoms with E-state index in [4.69, 9.17) is 9.47 Å². The van der Waals surface area contributed by atoms with Crippen LogP contribution >= 0.6 is 0 Å². The van der Waals surface area contributed by atoms with E-state index in [0.717, 1.165) is 5.56 Å². The highest BCUT2D eigenvalue weighted by Gasteiger charge is 2.53. The number of methoxy groups -OCH3 is 1. The third-order valence-corrected chi connectivity index (χ3v) is 6.53. The molecule has 0 aliphatic carbocycles. The highest BCUT2D eigenvalue weighted by molar-refractivity contribution is 7.89. The van der Waals surface area contributed by atoms with Gasteiger partial charge in [0.25, 0.3) is 0 Å². The minimum atomic E-state index is -3.78. The summed E-state index contributed by atoms with van der Waals surface area (Å²) in [5.41, 5.74) is 0.971. The van der Waals surface area contributed by atoms with E-state index in [1.807, 2.05) is 6.92 Å². The lowest BCUT2D eigenvalue weighted by Crippen LogP contribution is -2.51. The van der Waals surface area contributed by atoms with Gasteiger partial charge in [-0.3, -0.25) is 4.79 Å². The van der Waals surface area contributed by atoms with Gasteiger partial charge in [-0.25, -0.2) is 8.42 Å². The highest BCUT2D eigenvalue weighted by Crippen LogP contribution is 2.38. The first-order valence-corrected chi connectivity index (χ1v) is 9.45. The van der Waals surface area contributed by atoms with Gasteiger partial charge in [-0.15, -0.1) is 6.58 Å². The summed E-state index contributed by atoms with van der Waals surface area (Å²) in [6, 6.07) is 5.99. The summed E-state index contributed by atoms with van der Waals surface area (Å²) >= 11 is 0. The lowest BCUT2D eigenvalue weighted by atomic mass is 9.92. The molecule has 1 saturated heterocycles. The van der Waals surface area contributed by atoms with E-state index in [-0.39, 0.29) is 11.4 Å². The van der Waals surface area contributed by atoms with Crippen molar-refractivity contribution >= 4 is 16.0 Å². The number of hydrogen-bond donors (Lipinski definition) is 0. The lowest BCUT2D eigenvalue weighted by molar-refractivity contribution is -0.147. The van der Waals surface area contributed by atoms with Crippen LogP contribution in [0.25, 0.3) is 0 Å². The minimum absolute atomic E-state index is 0.179. The lowest BCUT2D eigenvalue weighted by Gasteiger charge is -2.34. The van der Waals surface area contributed by atoms with Gasteiger partial charge in [0.1, 0.15) is 5.92 Å². The first-order valence-electron chi connectivity index (χ1n) is 8.01. The number of benzene rings is 1. The Kier molecular flexibility index (Phi) is 4.81. The van der Waals surface area contributed by atoms with Gasteiger partial charge in [0, 0.05) is 6.54 Å². The van der Waals surface area contributed by atoms with Gasteiger partial charge in [0.2, 0.25) is 10.0 Å². The molecule has 0 spiro atoms. The van der Waals surface area contributed by atoms with Crippen molar-refractivity contribution in [2.24, 2.45) is 5.92 Å². The van der Waals surface area contributed by atoms with Crippen LogP contribution in [-0.4, -0.2) is 50.6 Å². The van der Waals surface area contributed by atoms with Crippen molar-refractivity contribution in [2.75, 3.05) is 13.7 Å². The predicted molar refractivity (Wildman–Crippen MR) is 92.4 cm³/mol. The van der Waals surface area contributed by atoms with E-state index < -0.39 is 40.2 Å². The Balaban J connectivity index is 2.03. The third kappa shape index (κ3) is 3.03. The fraction of sp³-hybridized carbons (Fsp3) is 0.389. The summed E-state index contributed by atoms with van der Waals surface area (Å²) in [5, 5.41) is 0. The first-order chi connectivity index (χ1) is 11.9. The molecule has 1 aromatic carbocycles. The maximum absolute atomic E-state index is 13.2. The van der Waals surface area contributed by atoms with Gasteiger partial charge in [-0.2, -0.15) is 4.31 Å². The molecule has 2 aliphatic heterocycles. The van der Waals surface area contributed by atoms with Crippen LogP contribution in [-0.2, 0) is 24.3 Å². The van der Waals surface area contributed by atoms with E-state index in [2.05, 4.69) is 6.58 Å². The SMILES string of the molecule is C=C[C@H]1O[C@H]2C=CCN(S(=O)(=O)c3ccc(C)cc3)[C@H]2[C@@H]1C(=O)OC. The molecule has 0 aromatic heterocycles. The zero-order valence-electron chi connectivity index (χ0n) is 14.2. The number of sulfonamides is 1. The average molecular weight is 363 g/mol. The van der Waals surface area contributed by atoms with E-state index in [1.165, 1.54) is 17.5 Å². The number of carbonyl (C=O) groups excluding carboxylic acids is 1. The number of nitrogens with zero attached hydrogens (tertiary/aromatic N) is 1. The molecule has 0 radical (unpaired) electrons. The Morgan fingerprint density at radius 2 is 2.04 bits per heavy atom. The molecule has 7 heteroatoms. The summed E-state index contributed by atoms with van der Waals surface area (Å²) in [6.45, 7) is 5.77. The van der Waals surface area contributed by atoms with Crippen molar-refractivity contribution in [3.05, 3.63) is 54.6 Å². The molecule has 3 rings (SSSR count). The van der Waals surface area contributed by atoms with Crippen LogP contribution in [0.4, 0.5) is 0 Å². The quantitative estimate of drug-likeness (QED) is 0.601. The molecule has 2 heterocycles. The second-order valence-corrected chi connectivity index (χ2v) is 8.05. The van der Waals surface area contributed by atoms with Crippen molar-refractivity contribution in [1.29, 1.82) is 0 Å². The second kappa shape index (κ2) is 6.74. The maximum atomic E-state index is 13.2. The van der Waals surface area contributed by atoms with Crippen molar-refractivity contribution in [3.8, 4) is 0 Å². The smallest absolute Gasteiger partial charge is 0.313 e. The first kappa shape index (κ1) is 17.8. The molecule has 0 saturated carbocycles. The van der Waals surface area contributed by atoms with Gasteiger partial charge < -0.3 is 9.47 Å². The summed E-state index contributed by atoms with van der Waals surface area (Å²) in [6.07, 6.45) is 3.95. The number of aryl methyl sites for hydroxylation is 1. The molecule has 6 nitrogen and oxygen atoms in total. The van der Waals surface area contributed by atoms with Gasteiger partial charge in [0.05, 0.1) is 30.3 Å². The Hall–Kier alpha value is -1.96. The molecule has 0 amide bonds. The van der Waals surface area contributed by atoms with Crippen LogP contribution < -0.4 is 0 Å². The van der Waals surface area contributed by atoms with Crippen LogP contribution in [0.1, 0.15) is 5.56 Å². The van der Waals surface area contributed by atoms with Crippen LogP contribution in [0.5, 0.6) is 0 Å². The average Bonchev–Trinajstić information content (AvgIpc) is 2.99. The van der Waals surface area contributed by atoms with E-state index >= 15 is 0 Å². The van der Waals surface area contributed by atoms with E-state index in [1.54, 1.807) is 36.4 Å². The molecule has 134 valence electrons. The Morgan fingerprint density at radius 3 is 2.64 bits per heavy atom. The zero-order chi connectivity index (χ0) is 18.2. The molecule has 4 atom stereocenters. The van der Waals surface area contributed by atoms with Gasteiger partial charge in [-0.05, 0) is 19.1 Å². The second-order valence-electron chi connectivity index (χ2n) is 6.16. The topological polar surface area (TPSA) is 72.9 Å².